The average Bonchev–Trinajstić information content (AvgIpc) is 3.35. The highest BCUT2D eigenvalue weighted by molar-refractivity contribution is 7.56. The van der Waals surface area contributed by atoms with Gasteiger partial charge in [-0.1, -0.05) is 42.5 Å². The zero-order valence-electron chi connectivity index (χ0n) is 21.9. The van der Waals surface area contributed by atoms with E-state index in [9.17, 15) is 14.4 Å². The van der Waals surface area contributed by atoms with Gasteiger partial charge in [0, 0.05) is 23.1 Å². The molecule has 8 nitrogen and oxygen atoms in total. The Balaban J connectivity index is 1.56. The van der Waals surface area contributed by atoms with Crippen LogP contribution in [0, 0.1) is 0 Å². The van der Waals surface area contributed by atoms with Crippen molar-refractivity contribution >= 4 is 47.7 Å². The first-order valence-corrected chi connectivity index (χ1v) is 14.6. The average molecular weight is 556 g/mol. The Bertz CT molecular complexity index is 1210. The summed E-state index contributed by atoms with van der Waals surface area (Å²) in [5, 5.41) is 9.66. The number of carbonyl (C=O) groups excluding carboxylic acids is 3. The molecular formula is C28H34N3O5PS. The molecule has 3 N–H and O–H groups in total. The third-order valence-corrected chi connectivity index (χ3v) is 8.11. The van der Waals surface area contributed by atoms with Gasteiger partial charge >= 0.3 is 0 Å². The van der Waals surface area contributed by atoms with Crippen LogP contribution < -0.4 is 21.3 Å². The van der Waals surface area contributed by atoms with Gasteiger partial charge in [0.1, 0.15) is 5.00 Å². The minimum Gasteiger partial charge on any atom is -0.352 e. The lowest BCUT2D eigenvalue weighted by molar-refractivity contribution is -0.124. The van der Waals surface area contributed by atoms with Gasteiger partial charge in [0.05, 0.1) is 25.3 Å². The summed E-state index contributed by atoms with van der Waals surface area (Å²) < 4.78 is 11.4. The van der Waals surface area contributed by atoms with Crippen LogP contribution in [0.15, 0.2) is 60.7 Å². The van der Waals surface area contributed by atoms with Crippen molar-refractivity contribution in [1.29, 1.82) is 0 Å². The summed E-state index contributed by atoms with van der Waals surface area (Å²) in [7, 11) is -1.14. The van der Waals surface area contributed by atoms with E-state index in [1.165, 1.54) is 11.3 Å². The highest BCUT2D eigenvalue weighted by atomic mass is 32.1. The van der Waals surface area contributed by atoms with E-state index in [2.05, 4.69) is 16.0 Å². The molecule has 2 aromatic carbocycles. The van der Waals surface area contributed by atoms with Crippen molar-refractivity contribution in [3.63, 3.8) is 0 Å². The van der Waals surface area contributed by atoms with Gasteiger partial charge in [0.15, 0.2) is 0 Å². The van der Waals surface area contributed by atoms with Crippen molar-refractivity contribution in [3.05, 3.63) is 71.8 Å². The molecule has 0 aliphatic rings. The molecule has 0 aliphatic heterocycles. The molecule has 0 atom stereocenters. The maximum absolute atomic E-state index is 12.6. The van der Waals surface area contributed by atoms with E-state index in [0.717, 1.165) is 21.3 Å². The second kappa shape index (κ2) is 15.3. The molecule has 0 unspecified atom stereocenters. The number of anilines is 1. The van der Waals surface area contributed by atoms with Crippen molar-refractivity contribution in [2.24, 2.45) is 0 Å². The minimum absolute atomic E-state index is 0.188. The summed E-state index contributed by atoms with van der Waals surface area (Å²) in [5.74, 6) is -0.890. The molecule has 0 fully saturated rings. The monoisotopic (exact) mass is 555 g/mol. The van der Waals surface area contributed by atoms with Crippen LogP contribution in [-0.4, -0.2) is 44.0 Å². The molecule has 0 saturated carbocycles. The van der Waals surface area contributed by atoms with Crippen LogP contribution >= 0.6 is 19.7 Å². The fourth-order valence-corrected chi connectivity index (χ4v) is 5.99. The van der Waals surface area contributed by atoms with Gasteiger partial charge in [-0.15, -0.1) is 11.3 Å². The standard InChI is InChI=1S/C28H34N3O5PS/c1-4-29-27(34)23-18-24(21-12-8-7-9-13-21)38-28(23)31-26(33)19-30-25(32)16-15-20-11-10-14-22(17-20)37(35-5-2)36-6-3/h7-14,17-18H,4-6,15-16,19H2,1-3H3,(H,29,34)(H,30,32)(H,31,33). The second-order valence-electron chi connectivity index (χ2n) is 8.17. The Morgan fingerprint density at radius 2 is 1.61 bits per heavy atom. The fourth-order valence-electron chi connectivity index (χ4n) is 3.60. The van der Waals surface area contributed by atoms with Gasteiger partial charge in [0.25, 0.3) is 5.91 Å². The van der Waals surface area contributed by atoms with E-state index in [1.54, 1.807) is 6.07 Å². The molecule has 3 rings (SSSR count). The zero-order valence-corrected chi connectivity index (χ0v) is 23.6. The number of rotatable bonds is 14. The number of hydrogen-bond acceptors (Lipinski definition) is 6. The summed E-state index contributed by atoms with van der Waals surface area (Å²) in [6.07, 6.45) is 0.759. The van der Waals surface area contributed by atoms with Gasteiger partial charge in [-0.3, -0.25) is 14.4 Å². The van der Waals surface area contributed by atoms with Gasteiger partial charge < -0.3 is 25.0 Å². The minimum atomic E-state index is -1.14. The Labute approximate surface area is 229 Å². The summed E-state index contributed by atoms with van der Waals surface area (Å²) in [6.45, 7) is 7.10. The summed E-state index contributed by atoms with van der Waals surface area (Å²) in [6, 6.07) is 19.3. The summed E-state index contributed by atoms with van der Waals surface area (Å²) >= 11 is 1.32. The van der Waals surface area contributed by atoms with Crippen LogP contribution in [0.5, 0.6) is 0 Å². The van der Waals surface area contributed by atoms with E-state index in [4.69, 9.17) is 9.05 Å². The number of amides is 3. The molecule has 10 heteroatoms. The number of nitrogens with one attached hydrogen (secondary N) is 3. The number of thiophene rings is 1. The Kier molecular flexibility index (Phi) is 11.9. The maximum atomic E-state index is 12.6. The van der Waals surface area contributed by atoms with Gasteiger partial charge in [-0.2, -0.15) is 0 Å². The van der Waals surface area contributed by atoms with Crippen molar-refractivity contribution in [3.8, 4) is 10.4 Å². The SMILES string of the molecule is CCNC(=O)c1cc(-c2ccccc2)sc1NC(=O)CNC(=O)CCc1cccc(P(OCC)OCC)c1. The largest absolute Gasteiger partial charge is 0.352 e. The van der Waals surface area contributed by atoms with Crippen molar-refractivity contribution in [2.75, 3.05) is 31.6 Å². The smallest absolute Gasteiger partial charge is 0.254 e. The van der Waals surface area contributed by atoms with Gasteiger partial charge in [0.2, 0.25) is 20.2 Å². The first kappa shape index (κ1) is 29.5. The van der Waals surface area contributed by atoms with Crippen molar-refractivity contribution < 1.29 is 23.4 Å². The van der Waals surface area contributed by atoms with Crippen LogP contribution in [0.25, 0.3) is 10.4 Å². The molecule has 38 heavy (non-hydrogen) atoms. The summed E-state index contributed by atoms with van der Waals surface area (Å²) in [4.78, 5) is 38.5. The van der Waals surface area contributed by atoms with E-state index < -0.39 is 14.3 Å². The number of benzene rings is 2. The topological polar surface area (TPSA) is 106 Å². The molecule has 202 valence electrons. The Morgan fingerprint density at radius 1 is 0.868 bits per heavy atom. The quantitative estimate of drug-likeness (QED) is 0.246. The van der Waals surface area contributed by atoms with Crippen molar-refractivity contribution in [1.82, 2.24) is 10.6 Å². The molecule has 0 saturated heterocycles. The lowest BCUT2D eigenvalue weighted by atomic mass is 10.1. The third-order valence-electron chi connectivity index (χ3n) is 5.33. The first-order valence-electron chi connectivity index (χ1n) is 12.6. The molecule has 0 spiro atoms. The molecule has 1 heterocycles. The number of carbonyl (C=O) groups is 3. The molecule has 0 bridgehead atoms. The van der Waals surface area contributed by atoms with E-state index in [0.29, 0.717) is 36.7 Å². The molecule has 3 amide bonds. The highest BCUT2D eigenvalue weighted by Gasteiger charge is 2.19. The second-order valence-corrected chi connectivity index (χ2v) is 10.8. The van der Waals surface area contributed by atoms with Crippen LogP contribution in [0.2, 0.25) is 0 Å². The highest BCUT2D eigenvalue weighted by Crippen LogP contribution is 2.37. The molecule has 0 radical (unpaired) electrons. The van der Waals surface area contributed by atoms with Crippen LogP contribution in [-0.2, 0) is 25.1 Å². The third kappa shape index (κ3) is 8.74. The van der Waals surface area contributed by atoms with Gasteiger partial charge in [-0.05, 0) is 56.5 Å². The number of aryl methyl sites for hydroxylation is 1. The lowest BCUT2D eigenvalue weighted by Gasteiger charge is -2.16. The predicted molar refractivity (Wildman–Crippen MR) is 154 cm³/mol. The predicted octanol–water partition coefficient (Wildman–Crippen LogP) is 4.86. The Hall–Kier alpha value is -3.10. The number of hydrogen-bond donors (Lipinski definition) is 3. The summed E-state index contributed by atoms with van der Waals surface area (Å²) in [5.41, 5.74) is 2.35. The first-order chi connectivity index (χ1) is 18.4. The van der Waals surface area contributed by atoms with E-state index >= 15 is 0 Å². The normalized spacial score (nSPS) is 10.8. The molecule has 1 aromatic heterocycles. The zero-order chi connectivity index (χ0) is 27.3. The van der Waals surface area contributed by atoms with Crippen LogP contribution in [0.4, 0.5) is 5.00 Å². The molecular weight excluding hydrogens is 521 g/mol. The van der Waals surface area contributed by atoms with Crippen molar-refractivity contribution in [2.45, 2.75) is 33.6 Å². The maximum Gasteiger partial charge on any atom is 0.254 e. The molecule has 0 aliphatic carbocycles. The van der Waals surface area contributed by atoms with E-state index in [-0.39, 0.29) is 24.8 Å². The Morgan fingerprint density at radius 3 is 2.29 bits per heavy atom. The van der Waals surface area contributed by atoms with Gasteiger partial charge in [-0.25, -0.2) is 0 Å². The van der Waals surface area contributed by atoms with Crippen LogP contribution in [0.3, 0.4) is 0 Å². The van der Waals surface area contributed by atoms with E-state index in [1.807, 2.05) is 75.4 Å². The van der Waals surface area contributed by atoms with Crippen LogP contribution in [0.1, 0.15) is 43.1 Å². The lowest BCUT2D eigenvalue weighted by Crippen LogP contribution is -2.33. The fraction of sp³-hybridized carbons (Fsp3) is 0.321. The molecule has 3 aromatic rings.